The maximum absolute atomic E-state index is 3.92. The van der Waals surface area contributed by atoms with Crippen molar-refractivity contribution in [3.63, 3.8) is 0 Å². The molecule has 0 saturated carbocycles. The Labute approximate surface area is 148 Å². The lowest BCUT2D eigenvalue weighted by molar-refractivity contribution is 0.404. The molecule has 0 amide bonds. The molecule has 0 bridgehead atoms. The Bertz CT molecular complexity index is 228. The molecule has 0 aromatic rings. The van der Waals surface area contributed by atoms with Crippen LogP contribution in [-0.2, 0) is 0 Å². The van der Waals surface area contributed by atoms with Gasteiger partial charge in [0.15, 0.2) is 0 Å². The molecule has 0 saturated heterocycles. The highest BCUT2D eigenvalue weighted by atomic mass is 14.1. The van der Waals surface area contributed by atoms with Gasteiger partial charge >= 0.3 is 0 Å². The van der Waals surface area contributed by atoms with E-state index in [-0.39, 0.29) is 0 Å². The first-order valence-corrected chi connectivity index (χ1v) is 10.6. The molecular formula is C23H44. The SMILES string of the molecule is [CH2]CCCCCCCC=CCCCC(CC)CCCCCC[CH2]. The van der Waals surface area contributed by atoms with E-state index in [1.165, 1.54) is 96.3 Å². The van der Waals surface area contributed by atoms with Crippen LogP contribution in [0.5, 0.6) is 0 Å². The van der Waals surface area contributed by atoms with Crippen LogP contribution in [0.1, 0.15) is 116 Å². The molecule has 0 nitrogen and oxygen atoms in total. The van der Waals surface area contributed by atoms with Crippen LogP contribution in [0.4, 0.5) is 0 Å². The summed E-state index contributed by atoms with van der Waals surface area (Å²) < 4.78 is 0. The fourth-order valence-corrected chi connectivity index (χ4v) is 3.25. The second kappa shape index (κ2) is 19.8. The number of allylic oxidation sites excluding steroid dienone is 2. The molecule has 0 aromatic heterocycles. The zero-order chi connectivity index (χ0) is 17.0. The van der Waals surface area contributed by atoms with Crippen LogP contribution in [0.3, 0.4) is 0 Å². The Hall–Kier alpha value is -0.260. The molecule has 0 rings (SSSR count). The highest BCUT2D eigenvalue weighted by molar-refractivity contribution is 4.81. The van der Waals surface area contributed by atoms with E-state index in [1.54, 1.807) is 0 Å². The van der Waals surface area contributed by atoms with Crippen molar-refractivity contribution in [2.45, 2.75) is 116 Å². The zero-order valence-corrected chi connectivity index (χ0v) is 16.2. The lowest BCUT2D eigenvalue weighted by Gasteiger charge is -2.13. The van der Waals surface area contributed by atoms with Gasteiger partial charge in [-0.05, 0) is 31.6 Å². The summed E-state index contributed by atoms with van der Waals surface area (Å²) in [7, 11) is 0. The van der Waals surface area contributed by atoms with Gasteiger partial charge < -0.3 is 0 Å². The number of unbranched alkanes of at least 4 members (excludes halogenated alkanes) is 11. The average molecular weight is 321 g/mol. The third kappa shape index (κ3) is 17.9. The largest absolute Gasteiger partial charge is 0.0885 e. The summed E-state index contributed by atoms with van der Waals surface area (Å²) in [6.45, 7) is 10.2. The maximum atomic E-state index is 3.92. The van der Waals surface area contributed by atoms with Gasteiger partial charge in [-0.15, -0.1) is 0 Å². The van der Waals surface area contributed by atoms with Crippen molar-refractivity contribution in [1.29, 1.82) is 0 Å². The van der Waals surface area contributed by atoms with E-state index in [2.05, 4.69) is 32.9 Å². The van der Waals surface area contributed by atoms with Crippen LogP contribution in [0, 0.1) is 19.8 Å². The van der Waals surface area contributed by atoms with E-state index in [1.807, 2.05) is 0 Å². The van der Waals surface area contributed by atoms with Crippen LogP contribution < -0.4 is 0 Å². The Morgan fingerprint density at radius 3 is 1.70 bits per heavy atom. The second-order valence-corrected chi connectivity index (χ2v) is 7.14. The second-order valence-electron chi connectivity index (χ2n) is 7.14. The van der Waals surface area contributed by atoms with Gasteiger partial charge in [0.1, 0.15) is 0 Å². The van der Waals surface area contributed by atoms with Crippen molar-refractivity contribution >= 4 is 0 Å². The molecule has 23 heavy (non-hydrogen) atoms. The van der Waals surface area contributed by atoms with Crippen LogP contribution in [0.25, 0.3) is 0 Å². The summed E-state index contributed by atoms with van der Waals surface area (Å²) in [5, 5.41) is 0. The predicted molar refractivity (Wildman–Crippen MR) is 108 cm³/mol. The normalized spacial score (nSPS) is 13.0. The summed E-state index contributed by atoms with van der Waals surface area (Å²) in [4.78, 5) is 0. The summed E-state index contributed by atoms with van der Waals surface area (Å²) in [6, 6.07) is 0. The molecule has 0 aliphatic carbocycles. The molecule has 0 heteroatoms. The first-order valence-electron chi connectivity index (χ1n) is 10.6. The van der Waals surface area contributed by atoms with Crippen molar-refractivity contribution in [3.8, 4) is 0 Å². The molecule has 1 atom stereocenters. The fraction of sp³-hybridized carbons (Fsp3) is 0.826. The molecule has 0 fully saturated rings. The van der Waals surface area contributed by atoms with Crippen LogP contribution in [0.2, 0.25) is 0 Å². The molecular weight excluding hydrogens is 276 g/mol. The molecule has 0 spiro atoms. The van der Waals surface area contributed by atoms with E-state index in [0.29, 0.717) is 0 Å². The summed E-state index contributed by atoms with van der Waals surface area (Å²) in [5.41, 5.74) is 0. The third-order valence-electron chi connectivity index (χ3n) is 4.96. The van der Waals surface area contributed by atoms with Gasteiger partial charge in [0.25, 0.3) is 0 Å². The Balaban J connectivity index is 3.36. The molecule has 2 radical (unpaired) electrons. The minimum atomic E-state index is 0.969. The smallest absolute Gasteiger partial charge is 0.0351 e. The molecule has 136 valence electrons. The van der Waals surface area contributed by atoms with Gasteiger partial charge in [0, 0.05) is 0 Å². The van der Waals surface area contributed by atoms with E-state index in [0.717, 1.165) is 18.8 Å². The summed E-state index contributed by atoms with van der Waals surface area (Å²) >= 11 is 0. The topological polar surface area (TPSA) is 0 Å². The molecule has 0 heterocycles. The summed E-state index contributed by atoms with van der Waals surface area (Å²) in [6.07, 6.45) is 27.7. The highest BCUT2D eigenvalue weighted by Crippen LogP contribution is 2.20. The lowest BCUT2D eigenvalue weighted by atomic mass is 9.93. The third-order valence-corrected chi connectivity index (χ3v) is 4.96. The maximum Gasteiger partial charge on any atom is -0.0351 e. The number of hydrogen-bond donors (Lipinski definition) is 0. The quantitative estimate of drug-likeness (QED) is 0.175. The van der Waals surface area contributed by atoms with Gasteiger partial charge in [0.05, 0.1) is 0 Å². The van der Waals surface area contributed by atoms with Crippen molar-refractivity contribution < 1.29 is 0 Å². The standard InChI is InChI=1S/C23H44/c1-4-7-9-11-12-13-14-15-16-18-20-22-23(6-3)21-19-17-10-8-5-2/h15-16,23H,1-2,4-14,17-22H2,3H3. The monoisotopic (exact) mass is 320 g/mol. The highest BCUT2D eigenvalue weighted by Gasteiger charge is 2.05. The van der Waals surface area contributed by atoms with Crippen molar-refractivity contribution in [3.05, 3.63) is 26.0 Å². The van der Waals surface area contributed by atoms with Crippen molar-refractivity contribution in [1.82, 2.24) is 0 Å². The minimum Gasteiger partial charge on any atom is -0.0885 e. The van der Waals surface area contributed by atoms with Crippen LogP contribution >= 0.6 is 0 Å². The van der Waals surface area contributed by atoms with Gasteiger partial charge in [-0.3, -0.25) is 0 Å². The van der Waals surface area contributed by atoms with Gasteiger partial charge in [-0.25, -0.2) is 0 Å². The van der Waals surface area contributed by atoms with Crippen molar-refractivity contribution in [2.24, 2.45) is 5.92 Å². The number of hydrogen-bond acceptors (Lipinski definition) is 0. The average Bonchev–Trinajstić information content (AvgIpc) is 2.57. The van der Waals surface area contributed by atoms with Gasteiger partial charge in [-0.1, -0.05) is 116 Å². The first kappa shape index (κ1) is 22.7. The molecule has 0 aliphatic rings. The molecule has 1 unspecified atom stereocenters. The minimum absolute atomic E-state index is 0.969. The zero-order valence-electron chi connectivity index (χ0n) is 16.2. The predicted octanol–water partition coefficient (Wildman–Crippen LogP) is 8.48. The molecule has 0 N–H and O–H groups in total. The molecule has 0 aliphatic heterocycles. The van der Waals surface area contributed by atoms with Gasteiger partial charge in [0.2, 0.25) is 0 Å². The molecule has 0 aromatic carbocycles. The van der Waals surface area contributed by atoms with Crippen LogP contribution in [0.15, 0.2) is 12.2 Å². The van der Waals surface area contributed by atoms with E-state index in [4.69, 9.17) is 0 Å². The van der Waals surface area contributed by atoms with E-state index < -0.39 is 0 Å². The lowest BCUT2D eigenvalue weighted by Crippen LogP contribution is -1.98. The van der Waals surface area contributed by atoms with E-state index in [9.17, 15) is 0 Å². The van der Waals surface area contributed by atoms with E-state index >= 15 is 0 Å². The number of rotatable bonds is 18. The first-order chi connectivity index (χ1) is 11.3. The Morgan fingerprint density at radius 1 is 0.609 bits per heavy atom. The van der Waals surface area contributed by atoms with Crippen LogP contribution in [-0.4, -0.2) is 0 Å². The fourth-order valence-electron chi connectivity index (χ4n) is 3.25. The summed E-state index contributed by atoms with van der Waals surface area (Å²) in [5.74, 6) is 0.969. The Kier molecular flexibility index (Phi) is 19.6. The van der Waals surface area contributed by atoms with Crippen molar-refractivity contribution in [2.75, 3.05) is 0 Å². The van der Waals surface area contributed by atoms with Gasteiger partial charge in [-0.2, -0.15) is 0 Å². The Morgan fingerprint density at radius 2 is 1.09 bits per heavy atom.